The summed E-state index contributed by atoms with van der Waals surface area (Å²) in [6.45, 7) is 4.04. The van der Waals surface area contributed by atoms with E-state index in [2.05, 4.69) is 15.7 Å². The summed E-state index contributed by atoms with van der Waals surface area (Å²) in [7, 11) is 0. The Kier molecular flexibility index (Phi) is 10.8. The normalized spacial score (nSPS) is 17.6. The van der Waals surface area contributed by atoms with Crippen molar-refractivity contribution in [2.45, 2.75) is 45.3 Å². The molecule has 0 spiro atoms. The van der Waals surface area contributed by atoms with E-state index in [4.69, 9.17) is 14.5 Å². The van der Waals surface area contributed by atoms with Crippen LogP contribution in [-0.2, 0) is 43.4 Å². The van der Waals surface area contributed by atoms with Crippen molar-refractivity contribution >= 4 is 34.5 Å². The van der Waals surface area contributed by atoms with Crippen LogP contribution in [0.2, 0.25) is 0 Å². The van der Waals surface area contributed by atoms with Gasteiger partial charge in [0.05, 0.1) is 49.9 Å². The molecule has 0 saturated carbocycles. The highest BCUT2D eigenvalue weighted by molar-refractivity contribution is 5.86. The molecule has 0 saturated heterocycles. The minimum absolute atomic E-state index is 0.0181. The molecule has 14 heteroatoms. The van der Waals surface area contributed by atoms with Crippen LogP contribution in [0.3, 0.4) is 0 Å². The third-order valence-electron chi connectivity index (χ3n) is 8.75. The largest absolute Gasteiger partial charge is 0.494 e. The number of fused-ring (bicyclic) bond motifs is 4. The Morgan fingerprint density at radius 2 is 1.84 bits per heavy atom. The van der Waals surface area contributed by atoms with Crippen LogP contribution in [0.25, 0.3) is 10.9 Å². The average molecular weight is 671 g/mol. The fourth-order valence-electron chi connectivity index (χ4n) is 6.32. The highest BCUT2D eigenvalue weighted by Crippen LogP contribution is 2.36. The van der Waals surface area contributed by atoms with Gasteiger partial charge < -0.3 is 34.5 Å². The maximum atomic E-state index is 13.5. The second-order valence-corrected chi connectivity index (χ2v) is 12.0. The van der Waals surface area contributed by atoms with E-state index in [0.717, 1.165) is 27.9 Å². The molecule has 14 nitrogen and oxygen atoms in total. The first-order chi connectivity index (χ1) is 23.9. The Labute approximate surface area is 284 Å². The van der Waals surface area contributed by atoms with Gasteiger partial charge in [-0.25, -0.2) is 4.98 Å². The molecule has 6 bridgehead atoms. The number of hydrogen-bond acceptors (Lipinski definition) is 8. The molecule has 4 aromatic rings. The number of ether oxygens (including phenoxy) is 2. The van der Waals surface area contributed by atoms with E-state index in [9.17, 15) is 19.2 Å². The number of imidazole rings is 1. The molecule has 1 atom stereocenters. The quantitative estimate of drug-likeness (QED) is 0.294. The smallest absolute Gasteiger partial charge is 0.244 e. The molecule has 1 unspecified atom stereocenters. The number of amides is 4. The van der Waals surface area contributed by atoms with E-state index in [1.54, 1.807) is 17.2 Å². The van der Waals surface area contributed by atoms with Crippen LogP contribution in [0.4, 0.5) is 0 Å². The third-order valence-corrected chi connectivity index (χ3v) is 8.75. The van der Waals surface area contributed by atoms with E-state index in [1.165, 1.54) is 4.90 Å². The zero-order valence-corrected chi connectivity index (χ0v) is 27.7. The molecule has 0 fully saturated rings. The molecule has 2 aliphatic heterocycles. The Hall–Kier alpha value is -5.24. The predicted octanol–water partition coefficient (Wildman–Crippen LogP) is 1.68. The molecule has 0 aliphatic carbocycles. The lowest BCUT2D eigenvalue weighted by molar-refractivity contribution is -0.136. The van der Waals surface area contributed by atoms with E-state index in [1.807, 2.05) is 64.9 Å². The van der Waals surface area contributed by atoms with Crippen LogP contribution >= 0.6 is 0 Å². The number of carbonyl (C=O) groups excluding carboxylic acids is 4. The molecule has 2 N–H and O–H groups in total. The molecule has 2 aliphatic rings. The molecule has 2 aromatic carbocycles. The number of nitrogens with zero attached hydrogens (tertiary/aromatic N) is 6. The van der Waals surface area contributed by atoms with Crippen LogP contribution in [0.1, 0.15) is 42.8 Å². The van der Waals surface area contributed by atoms with Gasteiger partial charge in [0.2, 0.25) is 23.6 Å². The maximum Gasteiger partial charge on any atom is 0.244 e. The van der Waals surface area contributed by atoms with Crippen LogP contribution in [0, 0.1) is 0 Å². The zero-order chi connectivity index (χ0) is 34.2. The lowest BCUT2D eigenvalue weighted by Gasteiger charge is -2.36. The van der Waals surface area contributed by atoms with E-state index >= 15 is 0 Å². The Morgan fingerprint density at radius 3 is 2.71 bits per heavy atom. The van der Waals surface area contributed by atoms with Gasteiger partial charge in [0, 0.05) is 50.3 Å². The van der Waals surface area contributed by atoms with Crippen molar-refractivity contribution < 1.29 is 28.7 Å². The second-order valence-electron chi connectivity index (χ2n) is 12.0. The van der Waals surface area contributed by atoms with Gasteiger partial charge in [-0.15, -0.1) is 0 Å². The summed E-state index contributed by atoms with van der Waals surface area (Å²) < 4.78 is 14.9. The molecular weight excluding hydrogens is 628 g/mol. The van der Waals surface area contributed by atoms with Crippen molar-refractivity contribution in [1.29, 1.82) is 0 Å². The van der Waals surface area contributed by atoms with Crippen LogP contribution in [0.5, 0.6) is 5.75 Å². The summed E-state index contributed by atoms with van der Waals surface area (Å²) in [5, 5.41) is 11.0. The fraction of sp³-hybridized carbons (Fsp3) is 0.429. The standard InChI is InChI=1S/C35H42N8O6/c1-2-48-18-12-32(46)42-15-11-29-34-35(42)25-8-5-9-27(19-25)49-17-6-13-36-30(44)21-40(16-14-37-31(45)22-41(29)24-38-34)33(47)23-43-28-10-4-3-7-26(28)20-39-43/h3-5,7-10,19-20,24,35H,2,6,11-18,21-23H2,1H3,(H,36,44)(H,37,45). The van der Waals surface area contributed by atoms with Gasteiger partial charge in [-0.2, -0.15) is 5.10 Å². The Balaban J connectivity index is 1.21. The number of carbonyl (C=O) groups is 4. The van der Waals surface area contributed by atoms with Gasteiger partial charge in [-0.3, -0.25) is 23.9 Å². The lowest BCUT2D eigenvalue weighted by atomic mass is 9.95. The van der Waals surface area contributed by atoms with Crippen molar-refractivity contribution in [1.82, 2.24) is 39.8 Å². The number of nitrogens with one attached hydrogen (secondary N) is 2. The number of para-hydroxylation sites is 1. The monoisotopic (exact) mass is 670 g/mol. The number of rotatable bonds is 6. The fourth-order valence-corrected chi connectivity index (χ4v) is 6.32. The second kappa shape index (κ2) is 15.8. The van der Waals surface area contributed by atoms with E-state index in [0.29, 0.717) is 51.5 Å². The Morgan fingerprint density at radius 1 is 1.00 bits per heavy atom. The molecule has 2 aromatic heterocycles. The van der Waals surface area contributed by atoms with E-state index in [-0.39, 0.29) is 62.8 Å². The summed E-state index contributed by atoms with van der Waals surface area (Å²) in [4.78, 5) is 61.0. The molecule has 49 heavy (non-hydrogen) atoms. The molecule has 4 heterocycles. The van der Waals surface area contributed by atoms with Crippen molar-refractivity contribution in [3.05, 3.63) is 78.0 Å². The number of hydrogen-bond donors (Lipinski definition) is 2. The van der Waals surface area contributed by atoms with Gasteiger partial charge in [-0.1, -0.05) is 30.3 Å². The van der Waals surface area contributed by atoms with Crippen molar-refractivity contribution in [2.75, 3.05) is 52.5 Å². The highest BCUT2D eigenvalue weighted by atomic mass is 16.5. The highest BCUT2D eigenvalue weighted by Gasteiger charge is 2.35. The summed E-state index contributed by atoms with van der Waals surface area (Å²) in [6.07, 6.45) is 4.67. The van der Waals surface area contributed by atoms with Crippen molar-refractivity contribution in [3.8, 4) is 5.75 Å². The molecule has 4 amide bonds. The summed E-state index contributed by atoms with van der Waals surface area (Å²) in [5.41, 5.74) is 3.28. The molecule has 258 valence electrons. The summed E-state index contributed by atoms with van der Waals surface area (Å²) in [6, 6.07) is 14.7. The van der Waals surface area contributed by atoms with Crippen molar-refractivity contribution in [2.24, 2.45) is 0 Å². The first kappa shape index (κ1) is 33.7. The first-order valence-corrected chi connectivity index (χ1v) is 16.8. The first-order valence-electron chi connectivity index (χ1n) is 16.8. The lowest BCUT2D eigenvalue weighted by Crippen LogP contribution is -2.46. The van der Waals surface area contributed by atoms with Crippen LogP contribution in [0.15, 0.2) is 61.1 Å². The van der Waals surface area contributed by atoms with E-state index < -0.39 is 6.04 Å². The van der Waals surface area contributed by atoms with Gasteiger partial charge in [-0.05, 0) is 37.1 Å². The molecule has 0 radical (unpaired) electrons. The third kappa shape index (κ3) is 8.08. The summed E-state index contributed by atoms with van der Waals surface area (Å²) >= 11 is 0. The summed E-state index contributed by atoms with van der Waals surface area (Å²) in [5.74, 6) is -0.261. The number of aromatic nitrogens is 4. The number of benzene rings is 2. The predicted molar refractivity (Wildman–Crippen MR) is 179 cm³/mol. The SMILES string of the molecule is CCOCCC(=O)N1CCc2c3ncn2CC(=O)NCCN(C(=O)Cn2ncc4ccccc42)CC(=O)NCCCOc2cccc(c2)C31. The van der Waals surface area contributed by atoms with Gasteiger partial charge >= 0.3 is 0 Å². The van der Waals surface area contributed by atoms with Gasteiger partial charge in [0.15, 0.2) is 0 Å². The zero-order valence-electron chi connectivity index (χ0n) is 27.7. The van der Waals surface area contributed by atoms with Crippen LogP contribution < -0.4 is 15.4 Å². The minimum atomic E-state index is -0.456. The minimum Gasteiger partial charge on any atom is -0.494 e. The topological polar surface area (TPSA) is 153 Å². The maximum absolute atomic E-state index is 13.5. The van der Waals surface area contributed by atoms with Gasteiger partial charge in [0.25, 0.3) is 0 Å². The molecule has 6 rings (SSSR count). The van der Waals surface area contributed by atoms with Gasteiger partial charge in [0.1, 0.15) is 24.9 Å². The molecular formula is C35H42N8O6. The van der Waals surface area contributed by atoms with Crippen molar-refractivity contribution in [3.63, 3.8) is 0 Å². The van der Waals surface area contributed by atoms with Crippen LogP contribution in [-0.4, -0.2) is 105 Å². The average Bonchev–Trinajstić information content (AvgIpc) is 3.70. The Bertz CT molecular complexity index is 1800.